The molecular formula is C16H13ClF2O. The van der Waals surface area contributed by atoms with Crippen LogP contribution in [-0.2, 0) is 17.6 Å². The lowest BCUT2D eigenvalue weighted by Gasteiger charge is -2.06. The Morgan fingerprint density at radius 2 is 1.75 bits per heavy atom. The van der Waals surface area contributed by atoms with Crippen LogP contribution in [0.5, 0.6) is 0 Å². The number of benzene rings is 2. The Kier molecular flexibility index (Phi) is 4.50. The maximum Gasteiger partial charge on any atom is 0.141 e. The third-order valence-corrected chi connectivity index (χ3v) is 3.38. The molecule has 20 heavy (non-hydrogen) atoms. The average Bonchev–Trinajstić information content (AvgIpc) is 2.37. The van der Waals surface area contributed by atoms with Gasteiger partial charge in [-0.25, -0.2) is 8.78 Å². The van der Waals surface area contributed by atoms with Crippen molar-refractivity contribution in [2.24, 2.45) is 0 Å². The Balaban J connectivity index is 2.13. The van der Waals surface area contributed by atoms with Crippen LogP contribution in [0.25, 0.3) is 0 Å². The smallest absolute Gasteiger partial charge is 0.141 e. The summed E-state index contributed by atoms with van der Waals surface area (Å²) in [6.07, 6.45) is -0.213. The molecule has 0 aliphatic carbocycles. The van der Waals surface area contributed by atoms with Crippen molar-refractivity contribution in [1.82, 2.24) is 0 Å². The zero-order chi connectivity index (χ0) is 14.7. The summed E-state index contributed by atoms with van der Waals surface area (Å²) in [4.78, 5) is 11.9. The van der Waals surface area contributed by atoms with Gasteiger partial charge in [-0.2, -0.15) is 0 Å². The largest absolute Gasteiger partial charge is 0.299 e. The summed E-state index contributed by atoms with van der Waals surface area (Å²) in [5, 5.41) is 0.493. The molecule has 0 atom stereocenters. The van der Waals surface area contributed by atoms with Crippen molar-refractivity contribution in [3.8, 4) is 0 Å². The van der Waals surface area contributed by atoms with Gasteiger partial charge < -0.3 is 0 Å². The summed E-state index contributed by atoms with van der Waals surface area (Å²) in [5.41, 5.74) is 1.46. The van der Waals surface area contributed by atoms with E-state index >= 15 is 0 Å². The Hall–Kier alpha value is -1.74. The maximum absolute atomic E-state index is 13.5. The standard InChI is InChI=1S/C16H13ClF2O/c1-10-5-6-11(14(17)7-10)8-12(20)9-13-15(18)3-2-4-16(13)19/h2-7H,8-9H2,1H3. The van der Waals surface area contributed by atoms with E-state index in [1.165, 1.54) is 6.07 Å². The summed E-state index contributed by atoms with van der Waals surface area (Å²) >= 11 is 6.04. The first-order valence-corrected chi connectivity index (χ1v) is 6.55. The van der Waals surface area contributed by atoms with Crippen molar-refractivity contribution in [1.29, 1.82) is 0 Å². The molecule has 1 nitrogen and oxygen atoms in total. The minimum atomic E-state index is -0.701. The Labute approximate surface area is 121 Å². The number of carbonyl (C=O) groups excluding carboxylic acids is 1. The highest BCUT2D eigenvalue weighted by Crippen LogP contribution is 2.20. The van der Waals surface area contributed by atoms with Crippen LogP contribution in [0.4, 0.5) is 8.78 Å². The van der Waals surface area contributed by atoms with E-state index < -0.39 is 11.6 Å². The van der Waals surface area contributed by atoms with Gasteiger partial charge in [0, 0.05) is 23.4 Å². The van der Waals surface area contributed by atoms with E-state index in [9.17, 15) is 13.6 Å². The maximum atomic E-state index is 13.5. The van der Waals surface area contributed by atoms with Crippen LogP contribution in [-0.4, -0.2) is 5.78 Å². The molecule has 0 fully saturated rings. The van der Waals surface area contributed by atoms with E-state index in [0.29, 0.717) is 10.6 Å². The third kappa shape index (κ3) is 3.42. The fraction of sp³-hybridized carbons (Fsp3) is 0.188. The van der Waals surface area contributed by atoms with Gasteiger partial charge in [-0.1, -0.05) is 29.8 Å². The van der Waals surface area contributed by atoms with Crippen LogP contribution in [0.2, 0.25) is 5.02 Å². The Morgan fingerprint density at radius 3 is 2.35 bits per heavy atom. The number of rotatable bonds is 4. The number of carbonyl (C=O) groups is 1. The predicted octanol–water partition coefficient (Wildman–Crippen LogP) is 4.28. The molecule has 0 amide bonds. The van der Waals surface area contributed by atoms with E-state index in [2.05, 4.69) is 0 Å². The molecule has 0 bridgehead atoms. The molecule has 2 rings (SSSR count). The van der Waals surface area contributed by atoms with Crippen molar-refractivity contribution in [3.63, 3.8) is 0 Å². The molecule has 2 aromatic rings. The van der Waals surface area contributed by atoms with Crippen molar-refractivity contribution >= 4 is 17.4 Å². The van der Waals surface area contributed by atoms with E-state index in [-0.39, 0.29) is 24.2 Å². The molecule has 0 heterocycles. The first-order chi connectivity index (χ1) is 9.47. The van der Waals surface area contributed by atoms with Gasteiger partial charge in [-0.05, 0) is 36.2 Å². The van der Waals surface area contributed by atoms with Crippen molar-refractivity contribution in [2.45, 2.75) is 19.8 Å². The highest BCUT2D eigenvalue weighted by atomic mass is 35.5. The molecule has 0 spiro atoms. The Bertz CT molecular complexity index is 633. The molecular weight excluding hydrogens is 282 g/mol. The topological polar surface area (TPSA) is 17.1 Å². The summed E-state index contributed by atoms with van der Waals surface area (Å²) < 4.78 is 26.9. The molecule has 0 aliphatic heterocycles. The second-order valence-electron chi connectivity index (χ2n) is 4.69. The lowest BCUT2D eigenvalue weighted by atomic mass is 10.0. The number of halogens is 3. The second-order valence-corrected chi connectivity index (χ2v) is 5.09. The number of aryl methyl sites for hydroxylation is 1. The van der Waals surface area contributed by atoms with Crippen LogP contribution >= 0.6 is 11.6 Å². The van der Waals surface area contributed by atoms with Gasteiger partial charge in [0.05, 0.1) is 0 Å². The summed E-state index contributed by atoms with van der Waals surface area (Å²) in [6.45, 7) is 1.90. The fourth-order valence-electron chi connectivity index (χ4n) is 1.97. The van der Waals surface area contributed by atoms with E-state index in [1.807, 2.05) is 13.0 Å². The molecule has 4 heteroatoms. The van der Waals surface area contributed by atoms with Crippen molar-refractivity contribution in [2.75, 3.05) is 0 Å². The average molecular weight is 295 g/mol. The van der Waals surface area contributed by atoms with Gasteiger partial charge in [0.25, 0.3) is 0 Å². The summed E-state index contributed by atoms with van der Waals surface area (Å²) in [7, 11) is 0. The molecule has 0 aromatic heterocycles. The molecule has 2 aromatic carbocycles. The van der Waals surface area contributed by atoms with Crippen LogP contribution in [0, 0.1) is 18.6 Å². The minimum absolute atomic E-state index is 0.0624. The third-order valence-electron chi connectivity index (χ3n) is 3.03. The van der Waals surface area contributed by atoms with Crippen molar-refractivity contribution < 1.29 is 13.6 Å². The summed E-state index contributed by atoms with van der Waals surface area (Å²) in [5.74, 6) is -1.68. The number of hydrogen-bond acceptors (Lipinski definition) is 1. The number of Topliss-reactive ketones (excluding diaryl/α,β-unsaturated/α-hetero) is 1. The molecule has 0 radical (unpaired) electrons. The van der Waals surface area contributed by atoms with E-state index in [1.54, 1.807) is 12.1 Å². The first-order valence-electron chi connectivity index (χ1n) is 6.17. The van der Waals surface area contributed by atoms with E-state index in [4.69, 9.17) is 11.6 Å². The fourth-order valence-corrected chi connectivity index (χ4v) is 2.27. The van der Waals surface area contributed by atoms with Crippen LogP contribution in [0.3, 0.4) is 0 Å². The quantitative estimate of drug-likeness (QED) is 0.822. The zero-order valence-electron chi connectivity index (χ0n) is 10.9. The molecule has 0 unspecified atom stereocenters. The molecule has 0 saturated heterocycles. The van der Waals surface area contributed by atoms with Gasteiger partial charge in [-0.15, -0.1) is 0 Å². The second kappa shape index (κ2) is 6.14. The Morgan fingerprint density at radius 1 is 1.10 bits per heavy atom. The lowest BCUT2D eigenvalue weighted by molar-refractivity contribution is -0.117. The number of hydrogen-bond donors (Lipinski definition) is 0. The molecule has 0 saturated carbocycles. The summed E-state index contributed by atoms with van der Waals surface area (Å²) in [6, 6.07) is 8.92. The molecule has 0 aliphatic rings. The van der Waals surface area contributed by atoms with Gasteiger partial charge in [0.15, 0.2) is 0 Å². The minimum Gasteiger partial charge on any atom is -0.299 e. The first kappa shape index (κ1) is 14.7. The number of ketones is 1. The normalized spacial score (nSPS) is 10.6. The van der Waals surface area contributed by atoms with E-state index in [0.717, 1.165) is 17.7 Å². The van der Waals surface area contributed by atoms with Gasteiger partial charge in [0.1, 0.15) is 17.4 Å². The highest BCUT2D eigenvalue weighted by molar-refractivity contribution is 6.31. The van der Waals surface area contributed by atoms with Gasteiger partial charge >= 0.3 is 0 Å². The monoisotopic (exact) mass is 294 g/mol. The van der Waals surface area contributed by atoms with Crippen LogP contribution in [0.15, 0.2) is 36.4 Å². The van der Waals surface area contributed by atoms with Crippen molar-refractivity contribution in [3.05, 3.63) is 69.7 Å². The molecule has 104 valence electrons. The van der Waals surface area contributed by atoms with Gasteiger partial charge in [-0.3, -0.25) is 4.79 Å². The van der Waals surface area contributed by atoms with Crippen LogP contribution < -0.4 is 0 Å². The molecule has 0 N–H and O–H groups in total. The highest BCUT2D eigenvalue weighted by Gasteiger charge is 2.14. The zero-order valence-corrected chi connectivity index (χ0v) is 11.7. The SMILES string of the molecule is Cc1ccc(CC(=O)Cc2c(F)cccc2F)c(Cl)c1. The predicted molar refractivity (Wildman–Crippen MR) is 75.0 cm³/mol. The lowest BCUT2D eigenvalue weighted by Crippen LogP contribution is -2.10. The van der Waals surface area contributed by atoms with Gasteiger partial charge in [0.2, 0.25) is 0 Å². The van der Waals surface area contributed by atoms with Crippen LogP contribution in [0.1, 0.15) is 16.7 Å².